The SMILES string of the molecule is Cc1ccc(CNC(=O)CCNS(=O)(=O)c2ccc(OC(F)(F)F)cc2)cc1. The molecule has 2 aromatic rings. The minimum absolute atomic E-state index is 0.0830. The molecule has 2 rings (SSSR count). The summed E-state index contributed by atoms with van der Waals surface area (Å²) in [4.78, 5) is 11.6. The van der Waals surface area contributed by atoms with Gasteiger partial charge in [-0.25, -0.2) is 13.1 Å². The van der Waals surface area contributed by atoms with Gasteiger partial charge in [-0.3, -0.25) is 4.79 Å². The molecule has 0 aromatic heterocycles. The van der Waals surface area contributed by atoms with Crippen LogP contribution in [0.3, 0.4) is 0 Å². The Bertz CT molecular complexity index is 896. The van der Waals surface area contributed by atoms with Crippen molar-refractivity contribution in [2.75, 3.05) is 6.54 Å². The van der Waals surface area contributed by atoms with Crippen molar-refractivity contribution in [1.82, 2.24) is 10.0 Å². The van der Waals surface area contributed by atoms with E-state index in [1.807, 2.05) is 31.2 Å². The first-order chi connectivity index (χ1) is 13.0. The zero-order chi connectivity index (χ0) is 20.8. The van der Waals surface area contributed by atoms with E-state index in [9.17, 15) is 26.4 Å². The smallest absolute Gasteiger partial charge is 0.406 e. The van der Waals surface area contributed by atoms with Crippen LogP contribution in [0.4, 0.5) is 13.2 Å². The molecule has 0 spiro atoms. The molecule has 0 heterocycles. The van der Waals surface area contributed by atoms with Gasteiger partial charge in [-0.05, 0) is 36.8 Å². The van der Waals surface area contributed by atoms with Crippen molar-refractivity contribution in [2.45, 2.75) is 31.1 Å². The molecule has 0 aliphatic heterocycles. The Morgan fingerprint density at radius 2 is 1.64 bits per heavy atom. The molecule has 0 radical (unpaired) electrons. The number of amides is 1. The van der Waals surface area contributed by atoms with E-state index in [1.54, 1.807) is 0 Å². The third kappa shape index (κ3) is 7.20. The average Bonchev–Trinajstić information content (AvgIpc) is 2.60. The van der Waals surface area contributed by atoms with Gasteiger partial charge in [0.1, 0.15) is 5.75 Å². The van der Waals surface area contributed by atoms with Gasteiger partial charge >= 0.3 is 6.36 Å². The van der Waals surface area contributed by atoms with Crippen LogP contribution in [0, 0.1) is 6.92 Å². The molecule has 0 unspecified atom stereocenters. The number of benzene rings is 2. The molecule has 0 aliphatic carbocycles. The van der Waals surface area contributed by atoms with Crippen molar-refractivity contribution in [3.05, 3.63) is 59.7 Å². The Labute approximate surface area is 160 Å². The zero-order valence-electron chi connectivity index (χ0n) is 14.9. The van der Waals surface area contributed by atoms with Crippen molar-refractivity contribution >= 4 is 15.9 Å². The number of rotatable bonds is 8. The number of halogens is 3. The van der Waals surface area contributed by atoms with Crippen molar-refractivity contribution in [2.24, 2.45) is 0 Å². The first kappa shape index (κ1) is 21.7. The van der Waals surface area contributed by atoms with Crippen LogP contribution in [0.5, 0.6) is 5.75 Å². The van der Waals surface area contributed by atoms with Crippen LogP contribution in [-0.2, 0) is 21.4 Å². The second-order valence-electron chi connectivity index (χ2n) is 5.93. The summed E-state index contributed by atoms with van der Waals surface area (Å²) in [6.07, 6.45) is -4.94. The monoisotopic (exact) mass is 416 g/mol. The summed E-state index contributed by atoms with van der Waals surface area (Å²) < 4.78 is 66.5. The molecule has 0 fully saturated rings. The van der Waals surface area contributed by atoms with E-state index in [-0.39, 0.29) is 23.8 Å². The number of aryl methyl sites for hydroxylation is 1. The van der Waals surface area contributed by atoms with E-state index >= 15 is 0 Å². The maximum Gasteiger partial charge on any atom is 0.573 e. The Morgan fingerprint density at radius 3 is 2.21 bits per heavy atom. The normalized spacial score (nSPS) is 11.9. The Balaban J connectivity index is 1.80. The van der Waals surface area contributed by atoms with Crippen LogP contribution in [0.2, 0.25) is 0 Å². The molecule has 1 amide bonds. The number of alkyl halides is 3. The van der Waals surface area contributed by atoms with Gasteiger partial charge in [0.05, 0.1) is 4.90 Å². The van der Waals surface area contributed by atoms with Crippen LogP contribution < -0.4 is 14.8 Å². The summed E-state index contributed by atoms with van der Waals surface area (Å²) in [5, 5.41) is 2.68. The predicted molar refractivity (Wildman–Crippen MR) is 96.0 cm³/mol. The standard InChI is InChI=1S/C18H19F3N2O4S/c1-13-2-4-14(5-3-13)12-22-17(24)10-11-23-28(25,26)16-8-6-15(7-9-16)27-18(19,20)21/h2-9,23H,10-12H2,1H3,(H,22,24). The number of carbonyl (C=O) groups is 1. The highest BCUT2D eigenvalue weighted by molar-refractivity contribution is 7.89. The van der Waals surface area contributed by atoms with Crippen LogP contribution in [-0.4, -0.2) is 27.2 Å². The van der Waals surface area contributed by atoms with E-state index in [4.69, 9.17) is 0 Å². The van der Waals surface area contributed by atoms with E-state index in [0.29, 0.717) is 6.54 Å². The van der Waals surface area contributed by atoms with Crippen LogP contribution >= 0.6 is 0 Å². The molecule has 10 heteroatoms. The number of hydrogen-bond acceptors (Lipinski definition) is 4. The minimum atomic E-state index is -4.86. The molecular weight excluding hydrogens is 397 g/mol. The summed E-state index contributed by atoms with van der Waals surface area (Å²) >= 11 is 0. The molecule has 0 atom stereocenters. The van der Waals surface area contributed by atoms with Crippen molar-refractivity contribution < 1.29 is 31.1 Å². The lowest BCUT2D eigenvalue weighted by Crippen LogP contribution is -2.30. The van der Waals surface area contributed by atoms with Crippen LogP contribution in [0.25, 0.3) is 0 Å². The molecule has 0 saturated heterocycles. The largest absolute Gasteiger partial charge is 0.573 e. The maximum atomic E-state index is 12.1. The number of ether oxygens (including phenoxy) is 1. The average molecular weight is 416 g/mol. The van der Waals surface area contributed by atoms with Gasteiger partial charge in [0.15, 0.2) is 0 Å². The summed E-state index contributed by atoms with van der Waals surface area (Å²) in [6, 6.07) is 11.4. The minimum Gasteiger partial charge on any atom is -0.406 e. The quantitative estimate of drug-likeness (QED) is 0.693. The second kappa shape index (κ2) is 9.07. The first-order valence-corrected chi connectivity index (χ1v) is 9.71. The molecule has 28 heavy (non-hydrogen) atoms. The van der Waals surface area contributed by atoms with Gasteiger partial charge in [0.2, 0.25) is 15.9 Å². The summed E-state index contributed by atoms with van der Waals surface area (Å²) in [7, 11) is -3.96. The molecular formula is C18H19F3N2O4S. The van der Waals surface area contributed by atoms with E-state index < -0.39 is 22.1 Å². The molecule has 2 aromatic carbocycles. The molecule has 0 bridgehead atoms. The van der Waals surface area contributed by atoms with Gasteiger partial charge in [0.25, 0.3) is 0 Å². The number of sulfonamides is 1. The van der Waals surface area contributed by atoms with Gasteiger partial charge in [0, 0.05) is 19.5 Å². The lowest BCUT2D eigenvalue weighted by atomic mass is 10.1. The number of nitrogens with one attached hydrogen (secondary N) is 2. The van der Waals surface area contributed by atoms with Crippen LogP contribution in [0.1, 0.15) is 17.5 Å². The summed E-state index contributed by atoms with van der Waals surface area (Å²) in [6.45, 7) is 2.13. The highest BCUT2D eigenvalue weighted by atomic mass is 32.2. The summed E-state index contributed by atoms with van der Waals surface area (Å²) in [5.41, 5.74) is 2.02. The fourth-order valence-corrected chi connectivity index (χ4v) is 3.23. The Kier molecular flexibility index (Phi) is 7.03. The molecule has 0 aliphatic rings. The summed E-state index contributed by atoms with van der Waals surface area (Å²) in [5.74, 6) is -0.862. The topological polar surface area (TPSA) is 84.5 Å². The van der Waals surface area contributed by atoms with Crippen molar-refractivity contribution in [3.63, 3.8) is 0 Å². The van der Waals surface area contributed by atoms with Gasteiger partial charge in [-0.15, -0.1) is 13.2 Å². The molecule has 0 saturated carbocycles. The maximum absolute atomic E-state index is 12.1. The van der Waals surface area contributed by atoms with E-state index in [0.717, 1.165) is 35.4 Å². The first-order valence-electron chi connectivity index (χ1n) is 8.23. The van der Waals surface area contributed by atoms with Crippen molar-refractivity contribution in [3.8, 4) is 5.75 Å². The lowest BCUT2D eigenvalue weighted by molar-refractivity contribution is -0.274. The predicted octanol–water partition coefficient (Wildman–Crippen LogP) is 2.88. The Morgan fingerprint density at radius 1 is 1.04 bits per heavy atom. The molecule has 152 valence electrons. The van der Waals surface area contributed by atoms with Gasteiger partial charge in [-0.1, -0.05) is 29.8 Å². The second-order valence-corrected chi connectivity index (χ2v) is 7.70. The Hall–Kier alpha value is -2.59. The third-order valence-corrected chi connectivity index (χ3v) is 5.10. The number of hydrogen-bond donors (Lipinski definition) is 2. The lowest BCUT2D eigenvalue weighted by Gasteiger charge is -2.10. The van der Waals surface area contributed by atoms with Crippen molar-refractivity contribution in [1.29, 1.82) is 0 Å². The van der Waals surface area contributed by atoms with Gasteiger partial charge < -0.3 is 10.1 Å². The highest BCUT2D eigenvalue weighted by Crippen LogP contribution is 2.23. The van der Waals surface area contributed by atoms with Crippen LogP contribution in [0.15, 0.2) is 53.4 Å². The molecule has 2 N–H and O–H groups in total. The van der Waals surface area contributed by atoms with Gasteiger partial charge in [-0.2, -0.15) is 0 Å². The fraction of sp³-hybridized carbons (Fsp3) is 0.278. The zero-order valence-corrected chi connectivity index (χ0v) is 15.7. The number of carbonyl (C=O) groups excluding carboxylic acids is 1. The third-order valence-electron chi connectivity index (χ3n) is 3.62. The van der Waals surface area contributed by atoms with E-state index in [1.165, 1.54) is 0 Å². The van der Waals surface area contributed by atoms with E-state index in [2.05, 4.69) is 14.8 Å². The molecule has 6 nitrogen and oxygen atoms in total. The fourth-order valence-electron chi connectivity index (χ4n) is 2.20. The highest BCUT2D eigenvalue weighted by Gasteiger charge is 2.31.